The Morgan fingerprint density at radius 2 is 1.62 bits per heavy atom. The van der Waals surface area contributed by atoms with Crippen LogP contribution in [0.1, 0.15) is 78.1 Å². The zero-order valence-corrected chi connectivity index (χ0v) is 16.8. The van der Waals surface area contributed by atoms with Crippen molar-refractivity contribution in [2.45, 2.75) is 83.8 Å². The normalized spacial score (nSPS) is 52.5. The lowest BCUT2D eigenvalue weighted by atomic mass is 9.44. The quantitative estimate of drug-likeness (QED) is 0.769. The Bertz CT molecular complexity index is 542. The van der Waals surface area contributed by atoms with E-state index in [0.717, 1.165) is 62.1 Å². The summed E-state index contributed by atoms with van der Waals surface area (Å²) in [5.41, 5.74) is 1.00. The number of aliphatic hydroxyl groups is 1. The van der Waals surface area contributed by atoms with Crippen molar-refractivity contribution in [2.75, 3.05) is 19.8 Å². The molecule has 0 aromatic rings. The first-order valence-electron chi connectivity index (χ1n) is 11.4. The Morgan fingerprint density at radius 3 is 2.38 bits per heavy atom. The third kappa shape index (κ3) is 2.42. The average Bonchev–Trinajstić information content (AvgIpc) is 3.21. The van der Waals surface area contributed by atoms with Gasteiger partial charge in [-0.25, -0.2) is 0 Å². The number of rotatable bonds is 2. The number of hydrogen-bond donors (Lipinski definition) is 1. The van der Waals surface area contributed by atoms with Gasteiger partial charge in [0.25, 0.3) is 0 Å². The minimum absolute atomic E-state index is 0.222. The highest BCUT2D eigenvalue weighted by molar-refractivity contribution is 5.10. The summed E-state index contributed by atoms with van der Waals surface area (Å²) < 4.78 is 12.2. The Labute approximate surface area is 159 Å². The molecule has 26 heavy (non-hydrogen) atoms. The minimum Gasteiger partial charge on any atom is -0.396 e. The number of fused-ring (bicyclic) bond motifs is 5. The molecule has 5 aliphatic rings. The summed E-state index contributed by atoms with van der Waals surface area (Å²) in [4.78, 5) is 0. The SMILES string of the molecule is C[C@]12CCC3[C@@H](CC[C@@H]4CC5(CC[C@]34C)OCCO5)C1CCC2CCO. The van der Waals surface area contributed by atoms with E-state index in [0.29, 0.717) is 17.4 Å². The summed E-state index contributed by atoms with van der Waals surface area (Å²) in [5, 5.41) is 9.54. The van der Waals surface area contributed by atoms with Crippen LogP contribution in [-0.2, 0) is 9.47 Å². The van der Waals surface area contributed by atoms with Crippen LogP contribution < -0.4 is 0 Å². The maximum atomic E-state index is 9.54. The highest BCUT2D eigenvalue weighted by Gasteiger charge is 2.61. The first-order valence-corrected chi connectivity index (χ1v) is 11.4. The monoisotopic (exact) mass is 362 g/mol. The van der Waals surface area contributed by atoms with Gasteiger partial charge >= 0.3 is 0 Å². The summed E-state index contributed by atoms with van der Waals surface area (Å²) in [6.45, 7) is 7.16. The van der Waals surface area contributed by atoms with Crippen LogP contribution in [0.3, 0.4) is 0 Å². The fourth-order valence-corrected chi connectivity index (χ4v) is 8.69. The molecule has 1 spiro atoms. The predicted molar refractivity (Wildman–Crippen MR) is 102 cm³/mol. The van der Waals surface area contributed by atoms with Gasteiger partial charge in [0, 0.05) is 19.4 Å². The van der Waals surface area contributed by atoms with Gasteiger partial charge in [0.05, 0.1) is 13.2 Å². The Morgan fingerprint density at radius 1 is 0.846 bits per heavy atom. The molecule has 1 aliphatic heterocycles. The molecule has 1 heterocycles. The third-order valence-corrected chi connectivity index (χ3v) is 10.2. The molecule has 4 aliphatic carbocycles. The van der Waals surface area contributed by atoms with Gasteiger partial charge in [-0.05, 0) is 91.8 Å². The molecular weight excluding hydrogens is 324 g/mol. The molecule has 0 aromatic heterocycles. The molecule has 3 unspecified atom stereocenters. The Balaban J connectivity index is 1.37. The second-order valence-corrected chi connectivity index (χ2v) is 10.8. The van der Waals surface area contributed by atoms with Crippen molar-refractivity contribution >= 4 is 0 Å². The van der Waals surface area contributed by atoms with Crippen LogP contribution in [0.25, 0.3) is 0 Å². The van der Waals surface area contributed by atoms with Gasteiger partial charge in [-0.1, -0.05) is 13.8 Å². The lowest BCUT2D eigenvalue weighted by molar-refractivity contribution is -0.229. The highest BCUT2D eigenvalue weighted by Crippen LogP contribution is 2.68. The second kappa shape index (κ2) is 6.19. The van der Waals surface area contributed by atoms with E-state index >= 15 is 0 Å². The fourth-order valence-electron chi connectivity index (χ4n) is 8.69. The fraction of sp³-hybridized carbons (Fsp3) is 1.00. The van der Waals surface area contributed by atoms with E-state index < -0.39 is 0 Å². The molecule has 0 amide bonds. The lowest BCUT2D eigenvalue weighted by Crippen LogP contribution is -2.56. The topological polar surface area (TPSA) is 38.7 Å². The third-order valence-electron chi connectivity index (χ3n) is 10.2. The number of hydrogen-bond acceptors (Lipinski definition) is 3. The summed E-state index contributed by atoms with van der Waals surface area (Å²) in [7, 11) is 0. The van der Waals surface area contributed by atoms with Gasteiger partial charge in [-0.15, -0.1) is 0 Å². The van der Waals surface area contributed by atoms with Crippen molar-refractivity contribution in [1.82, 2.24) is 0 Å². The van der Waals surface area contributed by atoms with Gasteiger partial charge < -0.3 is 14.6 Å². The average molecular weight is 363 g/mol. The summed E-state index contributed by atoms with van der Waals surface area (Å²) in [5.74, 6) is 4.07. The van der Waals surface area contributed by atoms with Crippen molar-refractivity contribution in [2.24, 2.45) is 40.4 Å². The van der Waals surface area contributed by atoms with Crippen molar-refractivity contribution in [3.8, 4) is 0 Å². The van der Waals surface area contributed by atoms with Crippen LogP contribution in [0.4, 0.5) is 0 Å². The molecule has 5 rings (SSSR count). The van der Waals surface area contributed by atoms with Gasteiger partial charge in [0.2, 0.25) is 0 Å². The van der Waals surface area contributed by atoms with Crippen molar-refractivity contribution in [1.29, 1.82) is 0 Å². The first kappa shape index (κ1) is 17.9. The van der Waals surface area contributed by atoms with E-state index in [1.54, 1.807) is 0 Å². The molecule has 148 valence electrons. The summed E-state index contributed by atoms with van der Waals surface area (Å²) >= 11 is 0. The molecule has 1 N–H and O–H groups in total. The van der Waals surface area contributed by atoms with E-state index in [-0.39, 0.29) is 5.79 Å². The summed E-state index contributed by atoms with van der Waals surface area (Å²) in [6, 6.07) is 0. The standard InChI is InChI=1S/C23H38O3/c1-21-9-7-20-18(19(21)6-4-16(21)8-12-24)5-3-17-15-23(25-13-14-26-23)11-10-22(17,20)2/h16-20,24H,3-15H2,1-2H3/t16?,17-,18+,19?,20?,21-,22+/m1/s1. The van der Waals surface area contributed by atoms with Gasteiger partial charge in [-0.2, -0.15) is 0 Å². The first-order chi connectivity index (χ1) is 12.5. The molecule has 3 nitrogen and oxygen atoms in total. The lowest BCUT2D eigenvalue weighted by Gasteiger charge is -2.62. The molecule has 1 saturated heterocycles. The van der Waals surface area contributed by atoms with Gasteiger partial charge in [-0.3, -0.25) is 0 Å². The Kier molecular flexibility index (Phi) is 4.27. The van der Waals surface area contributed by atoms with Crippen LogP contribution in [0, 0.1) is 40.4 Å². The van der Waals surface area contributed by atoms with E-state index in [2.05, 4.69) is 13.8 Å². The molecule has 7 atom stereocenters. The van der Waals surface area contributed by atoms with Crippen LogP contribution in [0.5, 0.6) is 0 Å². The molecule has 5 fully saturated rings. The van der Waals surface area contributed by atoms with E-state index in [9.17, 15) is 5.11 Å². The van der Waals surface area contributed by atoms with E-state index in [1.807, 2.05) is 0 Å². The van der Waals surface area contributed by atoms with Crippen LogP contribution in [0.15, 0.2) is 0 Å². The van der Waals surface area contributed by atoms with E-state index in [4.69, 9.17) is 9.47 Å². The second-order valence-electron chi connectivity index (χ2n) is 10.8. The highest BCUT2D eigenvalue weighted by atomic mass is 16.7. The predicted octanol–water partition coefficient (Wildman–Crippen LogP) is 4.77. The molecule has 0 bridgehead atoms. The zero-order chi connectivity index (χ0) is 18.0. The maximum absolute atomic E-state index is 9.54. The van der Waals surface area contributed by atoms with Crippen molar-refractivity contribution < 1.29 is 14.6 Å². The number of aliphatic hydroxyl groups excluding tert-OH is 1. The Hall–Kier alpha value is -0.120. The summed E-state index contributed by atoms with van der Waals surface area (Å²) in [6.07, 6.45) is 13.0. The van der Waals surface area contributed by atoms with Gasteiger partial charge in [0.1, 0.15) is 0 Å². The molecule has 4 saturated carbocycles. The van der Waals surface area contributed by atoms with E-state index in [1.165, 1.54) is 44.9 Å². The number of ether oxygens (including phenoxy) is 2. The molecule has 0 aromatic carbocycles. The largest absolute Gasteiger partial charge is 0.396 e. The zero-order valence-electron chi connectivity index (χ0n) is 16.8. The molecular formula is C23H38O3. The van der Waals surface area contributed by atoms with Crippen LogP contribution in [-0.4, -0.2) is 30.7 Å². The van der Waals surface area contributed by atoms with Crippen molar-refractivity contribution in [3.63, 3.8) is 0 Å². The smallest absolute Gasteiger partial charge is 0.168 e. The molecule has 0 radical (unpaired) electrons. The minimum atomic E-state index is -0.222. The van der Waals surface area contributed by atoms with Crippen LogP contribution in [0.2, 0.25) is 0 Å². The van der Waals surface area contributed by atoms with Gasteiger partial charge in [0.15, 0.2) is 5.79 Å². The maximum Gasteiger partial charge on any atom is 0.168 e. The molecule has 3 heteroatoms. The van der Waals surface area contributed by atoms with Crippen molar-refractivity contribution in [3.05, 3.63) is 0 Å². The van der Waals surface area contributed by atoms with Crippen LogP contribution >= 0.6 is 0 Å².